The minimum Gasteiger partial charge on any atom is -0.462 e. The third-order valence-corrected chi connectivity index (χ3v) is 9.73. The quantitative estimate of drug-likeness (QED) is 0.0279. The summed E-state index contributed by atoms with van der Waals surface area (Å²) < 4.78 is 22.1. The first-order chi connectivity index (χ1) is 26.8. The molecule has 10 heteroatoms. The molecular formula is C45H78O10. The van der Waals surface area contributed by atoms with Crippen LogP contribution in [0.2, 0.25) is 0 Å². The maximum Gasteiger partial charge on any atom is 0.306 e. The molecule has 0 aromatic carbocycles. The van der Waals surface area contributed by atoms with E-state index in [-0.39, 0.29) is 32.0 Å². The molecular weight excluding hydrogens is 700 g/mol. The summed E-state index contributed by atoms with van der Waals surface area (Å²) in [7, 11) is 0. The van der Waals surface area contributed by atoms with E-state index in [4.69, 9.17) is 18.9 Å². The molecule has 0 bridgehead atoms. The molecule has 0 saturated carbocycles. The second-order valence-corrected chi connectivity index (χ2v) is 14.8. The van der Waals surface area contributed by atoms with Gasteiger partial charge in [0.2, 0.25) is 0 Å². The minimum atomic E-state index is -1.60. The van der Waals surface area contributed by atoms with E-state index >= 15 is 0 Å². The second-order valence-electron chi connectivity index (χ2n) is 14.8. The predicted octanol–water partition coefficient (Wildman–Crippen LogP) is 8.88. The SMILES string of the molecule is CC/C=C\C/C=C\C/C=C\C/C=C\CCCCC(=O)OC(COC(=O)CCCCCCCCCCCCCCCCC)COC1OC(CO)C(O)C(O)C1O. The molecule has 1 saturated heterocycles. The molecule has 55 heavy (non-hydrogen) atoms. The Morgan fingerprint density at radius 1 is 0.582 bits per heavy atom. The van der Waals surface area contributed by atoms with Gasteiger partial charge in [0.1, 0.15) is 31.0 Å². The molecule has 6 unspecified atom stereocenters. The van der Waals surface area contributed by atoms with Crippen LogP contribution in [0.3, 0.4) is 0 Å². The van der Waals surface area contributed by atoms with Crippen molar-refractivity contribution in [3.05, 3.63) is 48.6 Å². The summed E-state index contributed by atoms with van der Waals surface area (Å²) in [6.45, 7) is 3.26. The Kier molecular flexibility index (Phi) is 33.2. The second kappa shape index (κ2) is 36.0. The van der Waals surface area contributed by atoms with Crippen LogP contribution in [0.5, 0.6) is 0 Å². The number of esters is 2. The molecule has 0 amide bonds. The van der Waals surface area contributed by atoms with Gasteiger partial charge in [-0.3, -0.25) is 9.59 Å². The number of hydrogen-bond acceptors (Lipinski definition) is 10. The molecule has 1 aliphatic heterocycles. The molecule has 4 N–H and O–H groups in total. The Balaban J connectivity index is 2.38. The molecule has 0 aromatic rings. The van der Waals surface area contributed by atoms with Gasteiger partial charge in [0.15, 0.2) is 12.4 Å². The maximum absolute atomic E-state index is 12.7. The van der Waals surface area contributed by atoms with E-state index in [9.17, 15) is 30.0 Å². The van der Waals surface area contributed by atoms with E-state index < -0.39 is 49.4 Å². The topological polar surface area (TPSA) is 152 Å². The maximum atomic E-state index is 12.7. The highest BCUT2D eigenvalue weighted by Gasteiger charge is 2.44. The lowest BCUT2D eigenvalue weighted by Gasteiger charge is -2.39. The van der Waals surface area contributed by atoms with E-state index in [1.54, 1.807) is 0 Å². The number of carbonyl (C=O) groups is 2. The molecule has 6 atom stereocenters. The number of aliphatic hydroxyl groups excluding tert-OH is 4. The third-order valence-electron chi connectivity index (χ3n) is 9.73. The Hall–Kier alpha value is -2.34. The zero-order valence-corrected chi connectivity index (χ0v) is 34.4. The van der Waals surface area contributed by atoms with Crippen molar-refractivity contribution in [1.29, 1.82) is 0 Å². The summed E-state index contributed by atoms with van der Waals surface area (Å²) in [6, 6.07) is 0. The van der Waals surface area contributed by atoms with Gasteiger partial charge in [-0.15, -0.1) is 0 Å². The lowest BCUT2D eigenvalue weighted by Crippen LogP contribution is -2.59. The summed E-state index contributed by atoms with van der Waals surface area (Å²) in [5.41, 5.74) is 0. The van der Waals surface area contributed by atoms with Gasteiger partial charge >= 0.3 is 11.9 Å². The number of allylic oxidation sites excluding steroid dienone is 8. The van der Waals surface area contributed by atoms with Crippen LogP contribution in [-0.2, 0) is 28.5 Å². The minimum absolute atomic E-state index is 0.178. The van der Waals surface area contributed by atoms with Crippen LogP contribution in [0.25, 0.3) is 0 Å². The molecule has 1 heterocycles. The van der Waals surface area contributed by atoms with E-state index in [1.165, 1.54) is 77.0 Å². The molecule has 10 nitrogen and oxygen atoms in total. The highest BCUT2D eigenvalue weighted by molar-refractivity contribution is 5.70. The molecule has 1 rings (SSSR count). The highest BCUT2D eigenvalue weighted by Crippen LogP contribution is 2.22. The summed E-state index contributed by atoms with van der Waals surface area (Å²) in [4.78, 5) is 25.3. The zero-order valence-electron chi connectivity index (χ0n) is 34.4. The third kappa shape index (κ3) is 27.8. The number of carbonyl (C=O) groups excluding carboxylic acids is 2. The van der Waals surface area contributed by atoms with Crippen LogP contribution in [0.15, 0.2) is 48.6 Å². The number of rotatable bonds is 35. The molecule has 0 aliphatic carbocycles. The predicted molar refractivity (Wildman–Crippen MR) is 219 cm³/mol. The fourth-order valence-electron chi connectivity index (χ4n) is 6.30. The monoisotopic (exact) mass is 779 g/mol. The average molecular weight is 779 g/mol. The first-order valence-electron chi connectivity index (χ1n) is 21.7. The van der Waals surface area contributed by atoms with Crippen molar-refractivity contribution in [2.75, 3.05) is 19.8 Å². The fraction of sp³-hybridized carbons (Fsp3) is 0.778. The normalized spacial score (nSPS) is 21.0. The summed E-state index contributed by atoms with van der Waals surface area (Å²) in [5, 5.41) is 40.0. The number of aliphatic hydroxyl groups is 4. The lowest BCUT2D eigenvalue weighted by atomic mass is 9.99. The van der Waals surface area contributed by atoms with Crippen molar-refractivity contribution < 1.29 is 49.0 Å². The van der Waals surface area contributed by atoms with Crippen LogP contribution in [-0.4, -0.2) is 89.0 Å². The van der Waals surface area contributed by atoms with Gasteiger partial charge in [0.25, 0.3) is 0 Å². The highest BCUT2D eigenvalue weighted by atomic mass is 16.7. The number of ether oxygens (including phenoxy) is 4. The number of unbranched alkanes of at least 4 members (excludes halogenated alkanes) is 16. The van der Waals surface area contributed by atoms with Crippen LogP contribution in [0, 0.1) is 0 Å². The van der Waals surface area contributed by atoms with Gasteiger partial charge in [-0.2, -0.15) is 0 Å². The van der Waals surface area contributed by atoms with Gasteiger partial charge in [0, 0.05) is 12.8 Å². The first kappa shape index (κ1) is 50.7. The Labute approximate surface area is 333 Å². The molecule has 0 aromatic heterocycles. The van der Waals surface area contributed by atoms with Gasteiger partial charge in [-0.25, -0.2) is 0 Å². The van der Waals surface area contributed by atoms with Crippen molar-refractivity contribution in [2.45, 2.75) is 205 Å². The van der Waals surface area contributed by atoms with E-state index in [0.717, 1.165) is 57.8 Å². The molecule has 0 spiro atoms. The average Bonchev–Trinajstić information content (AvgIpc) is 3.18. The summed E-state index contributed by atoms with van der Waals surface area (Å²) in [6.07, 6.45) is 34.1. The lowest BCUT2D eigenvalue weighted by molar-refractivity contribution is -0.305. The Bertz CT molecular complexity index is 1040. The smallest absolute Gasteiger partial charge is 0.306 e. The molecule has 1 fully saturated rings. The zero-order chi connectivity index (χ0) is 40.2. The van der Waals surface area contributed by atoms with Gasteiger partial charge in [-0.1, -0.05) is 152 Å². The standard InChI is InChI=1S/C45H78O10/c1-3-5-7-9-11-13-15-17-19-21-23-25-27-29-31-33-40(47)52-36-38(37-53-45-44(51)43(50)42(49)39(35-46)55-45)54-41(48)34-32-30-28-26-24-22-20-18-16-14-12-10-8-6-4-2/h6,8,12,14,18,20,24,26,38-39,42-46,49-51H,3-5,7,9-11,13,15-17,19,21-23,25,27-37H2,1-2H3/b8-6-,14-12-,20-18-,26-24-. The van der Waals surface area contributed by atoms with Crippen molar-refractivity contribution in [3.8, 4) is 0 Å². The van der Waals surface area contributed by atoms with Gasteiger partial charge in [-0.05, 0) is 51.4 Å². The van der Waals surface area contributed by atoms with Gasteiger partial charge < -0.3 is 39.4 Å². The van der Waals surface area contributed by atoms with E-state index in [1.807, 2.05) is 0 Å². The molecule has 318 valence electrons. The summed E-state index contributed by atoms with van der Waals surface area (Å²) in [5.74, 6) is -0.854. The molecule has 0 radical (unpaired) electrons. The van der Waals surface area contributed by atoms with Crippen molar-refractivity contribution >= 4 is 11.9 Å². The fourth-order valence-corrected chi connectivity index (χ4v) is 6.30. The van der Waals surface area contributed by atoms with E-state index in [2.05, 4.69) is 62.5 Å². The largest absolute Gasteiger partial charge is 0.462 e. The van der Waals surface area contributed by atoms with Gasteiger partial charge in [0.05, 0.1) is 13.2 Å². The van der Waals surface area contributed by atoms with Crippen LogP contribution >= 0.6 is 0 Å². The Morgan fingerprint density at radius 3 is 1.62 bits per heavy atom. The first-order valence-corrected chi connectivity index (χ1v) is 21.7. The van der Waals surface area contributed by atoms with E-state index in [0.29, 0.717) is 6.42 Å². The van der Waals surface area contributed by atoms with Crippen molar-refractivity contribution in [2.24, 2.45) is 0 Å². The van der Waals surface area contributed by atoms with Crippen molar-refractivity contribution in [3.63, 3.8) is 0 Å². The van der Waals surface area contributed by atoms with Crippen LogP contribution < -0.4 is 0 Å². The number of hydrogen-bond donors (Lipinski definition) is 4. The molecule has 1 aliphatic rings. The Morgan fingerprint density at radius 2 is 1.07 bits per heavy atom. The van der Waals surface area contributed by atoms with Crippen molar-refractivity contribution in [1.82, 2.24) is 0 Å². The summed E-state index contributed by atoms with van der Waals surface area (Å²) >= 11 is 0. The van der Waals surface area contributed by atoms with Crippen LogP contribution in [0.1, 0.15) is 168 Å². The van der Waals surface area contributed by atoms with Crippen LogP contribution in [0.4, 0.5) is 0 Å².